The molecule has 3 heterocycles. The first-order valence-corrected chi connectivity index (χ1v) is 12.7. The average Bonchev–Trinajstić information content (AvgIpc) is 3.58. The molecule has 2 amide bonds. The number of nitrogens with zero attached hydrogens (tertiary/aromatic N) is 3. The summed E-state index contributed by atoms with van der Waals surface area (Å²) in [6.07, 6.45) is 5.77. The van der Waals surface area contributed by atoms with Crippen molar-refractivity contribution in [2.75, 3.05) is 18.4 Å². The first kappa shape index (κ1) is 23.1. The number of hydrogen-bond acceptors (Lipinski definition) is 4. The summed E-state index contributed by atoms with van der Waals surface area (Å²) in [5.41, 5.74) is 5.81. The van der Waals surface area contributed by atoms with Crippen LogP contribution in [0.5, 0.6) is 0 Å². The molecule has 0 spiro atoms. The Hall–Kier alpha value is -3.71. The van der Waals surface area contributed by atoms with Gasteiger partial charge in [-0.05, 0) is 66.0 Å². The Kier molecular flexibility index (Phi) is 6.51. The van der Waals surface area contributed by atoms with Crippen LogP contribution < -0.4 is 5.32 Å². The lowest BCUT2D eigenvalue weighted by Gasteiger charge is -2.32. The number of aryl methyl sites for hydroxylation is 2. The predicted molar refractivity (Wildman–Crippen MR) is 140 cm³/mol. The quantitative estimate of drug-likeness (QED) is 0.393. The number of likely N-dealkylation sites (tertiary alicyclic amines) is 1. The second-order valence-corrected chi connectivity index (χ2v) is 10.00. The fourth-order valence-corrected chi connectivity index (χ4v) is 5.22. The second-order valence-electron chi connectivity index (χ2n) is 9.05. The molecule has 178 valence electrons. The molecule has 0 atom stereocenters. The van der Waals surface area contributed by atoms with Crippen molar-refractivity contribution in [3.63, 3.8) is 0 Å². The van der Waals surface area contributed by atoms with Crippen LogP contribution >= 0.6 is 11.3 Å². The van der Waals surface area contributed by atoms with Crippen molar-refractivity contribution in [2.24, 2.45) is 7.05 Å². The van der Waals surface area contributed by atoms with Gasteiger partial charge in [-0.1, -0.05) is 36.4 Å². The molecule has 35 heavy (non-hydrogen) atoms. The molecule has 5 rings (SSSR count). The summed E-state index contributed by atoms with van der Waals surface area (Å²) in [5.74, 6) is 0.311. The minimum Gasteiger partial charge on any atom is -0.339 e. The summed E-state index contributed by atoms with van der Waals surface area (Å²) in [5, 5.41) is 9.08. The van der Waals surface area contributed by atoms with E-state index in [1.165, 1.54) is 16.9 Å². The van der Waals surface area contributed by atoms with Gasteiger partial charge in [0.1, 0.15) is 0 Å². The number of hydrogen-bond donors (Lipinski definition) is 1. The fraction of sp³-hybridized carbons (Fsp3) is 0.250. The smallest absolute Gasteiger partial charge is 0.265 e. The number of benzene rings is 2. The monoisotopic (exact) mass is 484 g/mol. The molecule has 1 N–H and O–H groups in total. The molecule has 0 saturated carbocycles. The lowest BCUT2D eigenvalue weighted by molar-refractivity contribution is 0.0712. The van der Waals surface area contributed by atoms with E-state index < -0.39 is 0 Å². The van der Waals surface area contributed by atoms with Gasteiger partial charge in [-0.25, -0.2) is 0 Å². The van der Waals surface area contributed by atoms with Gasteiger partial charge in [0.05, 0.1) is 11.1 Å². The Balaban J connectivity index is 1.22. The van der Waals surface area contributed by atoms with E-state index in [1.807, 2.05) is 59.5 Å². The van der Waals surface area contributed by atoms with Crippen LogP contribution in [0.4, 0.5) is 5.69 Å². The molecule has 1 aliphatic heterocycles. The van der Waals surface area contributed by atoms with E-state index in [0.29, 0.717) is 22.0 Å². The van der Waals surface area contributed by atoms with Gasteiger partial charge in [0.25, 0.3) is 11.8 Å². The zero-order chi connectivity index (χ0) is 24.4. The van der Waals surface area contributed by atoms with Crippen molar-refractivity contribution < 1.29 is 9.59 Å². The molecule has 0 unspecified atom stereocenters. The van der Waals surface area contributed by atoms with Gasteiger partial charge < -0.3 is 10.2 Å². The normalized spacial score (nSPS) is 14.2. The summed E-state index contributed by atoms with van der Waals surface area (Å²) in [7, 11) is 1.92. The highest BCUT2D eigenvalue weighted by Crippen LogP contribution is 2.31. The second kappa shape index (κ2) is 9.88. The Morgan fingerprint density at radius 3 is 2.46 bits per heavy atom. The minimum atomic E-state index is -0.150. The predicted octanol–water partition coefficient (Wildman–Crippen LogP) is 5.73. The molecule has 7 heteroatoms. The molecule has 0 bridgehead atoms. The van der Waals surface area contributed by atoms with E-state index in [-0.39, 0.29) is 11.8 Å². The summed E-state index contributed by atoms with van der Waals surface area (Å²) >= 11 is 1.40. The van der Waals surface area contributed by atoms with Crippen molar-refractivity contribution in [3.05, 3.63) is 93.9 Å². The van der Waals surface area contributed by atoms with E-state index in [9.17, 15) is 9.59 Å². The summed E-state index contributed by atoms with van der Waals surface area (Å²) < 4.78 is 1.81. The van der Waals surface area contributed by atoms with Crippen molar-refractivity contribution in [1.82, 2.24) is 14.7 Å². The fourth-order valence-electron chi connectivity index (χ4n) is 4.60. The van der Waals surface area contributed by atoms with Gasteiger partial charge in [0, 0.05) is 43.1 Å². The van der Waals surface area contributed by atoms with E-state index in [1.54, 1.807) is 12.1 Å². The molecular weight excluding hydrogens is 456 g/mol. The molecule has 2 aromatic carbocycles. The SMILES string of the molecule is Cc1ccc(C(=O)N2CCC(c3ccc(-c4cnn(C)c4)cc3)CC2)cc1NC(=O)c1cccs1. The molecule has 1 fully saturated rings. The standard InChI is InChI=1S/C28H28N4O2S/c1-19-5-6-23(16-25(19)30-27(33)26-4-3-15-35-26)28(34)32-13-11-22(12-14-32)20-7-9-21(10-8-20)24-17-29-31(2)18-24/h3-10,15-18,22H,11-14H2,1-2H3,(H,30,33). The summed E-state index contributed by atoms with van der Waals surface area (Å²) in [6.45, 7) is 3.38. The zero-order valence-corrected chi connectivity index (χ0v) is 20.7. The maximum atomic E-state index is 13.2. The van der Waals surface area contributed by atoms with Crippen LogP contribution in [-0.2, 0) is 7.05 Å². The molecule has 0 aliphatic carbocycles. The third kappa shape index (κ3) is 5.05. The molecule has 6 nitrogen and oxygen atoms in total. The van der Waals surface area contributed by atoms with Crippen molar-refractivity contribution in [3.8, 4) is 11.1 Å². The van der Waals surface area contributed by atoms with Crippen LogP contribution in [0.3, 0.4) is 0 Å². The van der Waals surface area contributed by atoms with E-state index in [0.717, 1.165) is 42.6 Å². The highest BCUT2D eigenvalue weighted by atomic mass is 32.1. The van der Waals surface area contributed by atoms with E-state index in [4.69, 9.17) is 0 Å². The third-order valence-corrected chi connectivity index (χ3v) is 7.55. The number of anilines is 1. The maximum Gasteiger partial charge on any atom is 0.265 e. The molecular formula is C28H28N4O2S. The minimum absolute atomic E-state index is 0.0157. The Labute approximate surface area is 209 Å². The summed E-state index contributed by atoms with van der Waals surface area (Å²) in [6, 6.07) is 17.9. The Bertz CT molecular complexity index is 1330. The molecule has 4 aromatic rings. The van der Waals surface area contributed by atoms with Gasteiger partial charge >= 0.3 is 0 Å². The third-order valence-electron chi connectivity index (χ3n) is 6.68. The van der Waals surface area contributed by atoms with Crippen LogP contribution in [0.25, 0.3) is 11.1 Å². The first-order chi connectivity index (χ1) is 17.0. The maximum absolute atomic E-state index is 13.2. The molecule has 1 saturated heterocycles. The lowest BCUT2D eigenvalue weighted by Crippen LogP contribution is -2.38. The van der Waals surface area contributed by atoms with E-state index >= 15 is 0 Å². The van der Waals surface area contributed by atoms with Crippen LogP contribution in [0.15, 0.2) is 72.4 Å². The van der Waals surface area contributed by atoms with Crippen LogP contribution in [0, 0.1) is 6.92 Å². The number of aromatic nitrogens is 2. The first-order valence-electron chi connectivity index (χ1n) is 11.8. The number of carbonyl (C=O) groups is 2. The molecule has 0 radical (unpaired) electrons. The Morgan fingerprint density at radius 2 is 1.80 bits per heavy atom. The molecule has 2 aromatic heterocycles. The Morgan fingerprint density at radius 1 is 1.03 bits per heavy atom. The number of amides is 2. The molecule has 1 aliphatic rings. The van der Waals surface area contributed by atoms with Gasteiger partial charge in [0.2, 0.25) is 0 Å². The number of carbonyl (C=O) groups excluding carboxylic acids is 2. The zero-order valence-electron chi connectivity index (χ0n) is 19.9. The van der Waals surface area contributed by atoms with Crippen molar-refractivity contribution in [2.45, 2.75) is 25.7 Å². The van der Waals surface area contributed by atoms with Crippen molar-refractivity contribution >= 4 is 28.8 Å². The summed E-state index contributed by atoms with van der Waals surface area (Å²) in [4.78, 5) is 28.3. The van der Waals surface area contributed by atoms with Gasteiger partial charge in [-0.3, -0.25) is 14.3 Å². The number of nitrogens with one attached hydrogen (secondary N) is 1. The number of rotatable bonds is 5. The van der Waals surface area contributed by atoms with E-state index in [2.05, 4.69) is 34.7 Å². The number of thiophene rings is 1. The highest BCUT2D eigenvalue weighted by molar-refractivity contribution is 7.12. The van der Waals surface area contributed by atoms with Crippen LogP contribution in [0.1, 0.15) is 49.9 Å². The largest absolute Gasteiger partial charge is 0.339 e. The van der Waals surface area contributed by atoms with Crippen LogP contribution in [0.2, 0.25) is 0 Å². The van der Waals surface area contributed by atoms with Crippen LogP contribution in [-0.4, -0.2) is 39.6 Å². The lowest BCUT2D eigenvalue weighted by atomic mass is 9.88. The topological polar surface area (TPSA) is 67.2 Å². The highest BCUT2D eigenvalue weighted by Gasteiger charge is 2.25. The number of piperidine rings is 1. The van der Waals surface area contributed by atoms with Crippen molar-refractivity contribution in [1.29, 1.82) is 0 Å². The van der Waals surface area contributed by atoms with Gasteiger partial charge in [0.15, 0.2) is 0 Å². The van der Waals surface area contributed by atoms with Gasteiger partial charge in [-0.2, -0.15) is 5.10 Å². The van der Waals surface area contributed by atoms with Gasteiger partial charge in [-0.15, -0.1) is 11.3 Å². The average molecular weight is 485 g/mol.